The van der Waals surface area contributed by atoms with Crippen LogP contribution in [0.4, 0.5) is 5.69 Å². The Labute approximate surface area is 116 Å². The SMILES string of the molecule is Cn1cc(NC(=O)c2ccc(Br)s2)cc1C(N)=O. The number of carbonyl (C=O) groups is 2. The predicted molar refractivity (Wildman–Crippen MR) is 73.9 cm³/mol. The summed E-state index contributed by atoms with van der Waals surface area (Å²) in [6.45, 7) is 0. The summed E-state index contributed by atoms with van der Waals surface area (Å²) >= 11 is 4.63. The van der Waals surface area contributed by atoms with Crippen molar-refractivity contribution in [3.8, 4) is 0 Å². The van der Waals surface area contributed by atoms with Crippen LogP contribution in [0, 0.1) is 0 Å². The van der Waals surface area contributed by atoms with Gasteiger partial charge in [0, 0.05) is 13.2 Å². The van der Waals surface area contributed by atoms with Gasteiger partial charge in [0.05, 0.1) is 14.4 Å². The molecule has 2 aromatic rings. The Morgan fingerprint density at radius 2 is 2.17 bits per heavy atom. The first-order valence-corrected chi connectivity index (χ1v) is 6.61. The molecular formula is C11H10BrN3O2S. The number of thiophene rings is 1. The van der Waals surface area contributed by atoms with Crippen LogP contribution in [0.25, 0.3) is 0 Å². The fourth-order valence-corrected chi connectivity index (χ4v) is 2.79. The quantitative estimate of drug-likeness (QED) is 0.906. The largest absolute Gasteiger partial charge is 0.364 e. The van der Waals surface area contributed by atoms with E-state index in [1.807, 2.05) is 0 Å². The van der Waals surface area contributed by atoms with E-state index in [0.717, 1.165) is 3.79 Å². The monoisotopic (exact) mass is 327 g/mol. The third kappa shape index (κ3) is 2.62. The number of nitrogens with two attached hydrogens (primary N) is 1. The van der Waals surface area contributed by atoms with Crippen LogP contribution in [-0.4, -0.2) is 16.4 Å². The van der Waals surface area contributed by atoms with Crippen LogP contribution in [0.2, 0.25) is 0 Å². The average molecular weight is 328 g/mol. The molecule has 0 spiro atoms. The summed E-state index contributed by atoms with van der Waals surface area (Å²) in [5.74, 6) is -0.746. The van der Waals surface area contributed by atoms with Crippen molar-refractivity contribution in [3.63, 3.8) is 0 Å². The van der Waals surface area contributed by atoms with Crippen LogP contribution < -0.4 is 11.1 Å². The Kier molecular flexibility index (Phi) is 3.53. The van der Waals surface area contributed by atoms with Gasteiger partial charge in [-0.05, 0) is 34.1 Å². The molecule has 0 unspecified atom stereocenters. The molecule has 2 rings (SSSR count). The molecule has 0 atom stereocenters. The molecule has 2 amide bonds. The molecule has 0 aliphatic rings. The minimum absolute atomic E-state index is 0.215. The first-order chi connectivity index (χ1) is 8.47. The van der Waals surface area contributed by atoms with E-state index in [9.17, 15) is 9.59 Å². The van der Waals surface area contributed by atoms with Gasteiger partial charge in [0.15, 0.2) is 0 Å². The van der Waals surface area contributed by atoms with E-state index < -0.39 is 5.91 Å². The number of nitrogens with zero attached hydrogens (tertiary/aromatic N) is 1. The smallest absolute Gasteiger partial charge is 0.265 e. The number of rotatable bonds is 3. The number of nitrogens with one attached hydrogen (secondary N) is 1. The van der Waals surface area contributed by atoms with Crippen molar-refractivity contribution >= 4 is 44.8 Å². The van der Waals surface area contributed by atoms with Crippen LogP contribution in [0.1, 0.15) is 20.2 Å². The number of hydrogen-bond acceptors (Lipinski definition) is 3. The molecule has 0 bridgehead atoms. The molecule has 2 heterocycles. The van der Waals surface area contributed by atoms with Crippen LogP contribution in [0.3, 0.4) is 0 Å². The molecule has 5 nitrogen and oxygen atoms in total. The van der Waals surface area contributed by atoms with Gasteiger partial charge < -0.3 is 15.6 Å². The fourth-order valence-electron chi connectivity index (χ4n) is 1.51. The van der Waals surface area contributed by atoms with Crippen molar-refractivity contribution in [1.29, 1.82) is 0 Å². The van der Waals surface area contributed by atoms with Gasteiger partial charge in [0.2, 0.25) is 0 Å². The van der Waals surface area contributed by atoms with Crippen molar-refractivity contribution in [3.05, 3.63) is 38.8 Å². The van der Waals surface area contributed by atoms with Crippen molar-refractivity contribution in [1.82, 2.24) is 4.57 Å². The van der Waals surface area contributed by atoms with Crippen molar-refractivity contribution in [2.45, 2.75) is 0 Å². The summed E-state index contributed by atoms with van der Waals surface area (Å²) in [4.78, 5) is 23.5. The summed E-state index contributed by atoms with van der Waals surface area (Å²) < 4.78 is 2.46. The summed E-state index contributed by atoms with van der Waals surface area (Å²) in [5, 5.41) is 2.71. The van der Waals surface area contributed by atoms with Gasteiger partial charge in [-0.15, -0.1) is 11.3 Å². The van der Waals surface area contributed by atoms with Crippen molar-refractivity contribution in [2.75, 3.05) is 5.32 Å². The maximum atomic E-state index is 11.9. The molecule has 3 N–H and O–H groups in total. The highest BCUT2D eigenvalue weighted by Gasteiger charge is 2.12. The third-order valence-corrected chi connectivity index (χ3v) is 3.93. The highest BCUT2D eigenvalue weighted by Crippen LogP contribution is 2.23. The molecule has 0 saturated heterocycles. The molecule has 0 aromatic carbocycles. The van der Waals surface area contributed by atoms with Crippen LogP contribution >= 0.6 is 27.3 Å². The number of halogens is 1. The lowest BCUT2D eigenvalue weighted by molar-refractivity contribution is 0.0990. The highest BCUT2D eigenvalue weighted by molar-refractivity contribution is 9.11. The zero-order valence-corrected chi connectivity index (χ0v) is 11.8. The minimum atomic E-state index is -0.531. The molecule has 0 fully saturated rings. The predicted octanol–water partition coefficient (Wildman–Crippen LogP) is 2.20. The van der Waals surface area contributed by atoms with Gasteiger partial charge in [-0.25, -0.2) is 0 Å². The summed E-state index contributed by atoms with van der Waals surface area (Å²) in [5.41, 5.74) is 6.08. The lowest BCUT2D eigenvalue weighted by Gasteiger charge is -1.98. The van der Waals surface area contributed by atoms with Crippen molar-refractivity contribution in [2.24, 2.45) is 12.8 Å². The number of amides is 2. The van der Waals surface area contributed by atoms with E-state index in [0.29, 0.717) is 16.3 Å². The highest BCUT2D eigenvalue weighted by atomic mass is 79.9. The molecular weight excluding hydrogens is 318 g/mol. The normalized spacial score (nSPS) is 10.3. The van der Waals surface area contributed by atoms with E-state index in [4.69, 9.17) is 5.73 Å². The van der Waals surface area contributed by atoms with Gasteiger partial charge in [0.1, 0.15) is 5.69 Å². The summed E-state index contributed by atoms with van der Waals surface area (Å²) in [7, 11) is 1.69. The van der Waals surface area contributed by atoms with Crippen molar-refractivity contribution < 1.29 is 9.59 Å². The number of aromatic nitrogens is 1. The van der Waals surface area contributed by atoms with Gasteiger partial charge in [-0.2, -0.15) is 0 Å². The maximum Gasteiger partial charge on any atom is 0.265 e. The van der Waals surface area contributed by atoms with E-state index in [1.54, 1.807) is 36.0 Å². The zero-order chi connectivity index (χ0) is 13.3. The first kappa shape index (κ1) is 12.8. The topological polar surface area (TPSA) is 77.1 Å². The molecule has 18 heavy (non-hydrogen) atoms. The van der Waals surface area contributed by atoms with Gasteiger partial charge in [0.25, 0.3) is 11.8 Å². The number of carbonyl (C=O) groups excluding carboxylic acids is 2. The lowest BCUT2D eigenvalue weighted by atomic mass is 10.3. The van der Waals surface area contributed by atoms with Crippen LogP contribution in [0.15, 0.2) is 28.2 Å². The first-order valence-electron chi connectivity index (χ1n) is 5.00. The Morgan fingerprint density at radius 3 is 2.67 bits per heavy atom. The molecule has 2 aromatic heterocycles. The fraction of sp³-hybridized carbons (Fsp3) is 0.0909. The van der Waals surface area contributed by atoms with E-state index in [2.05, 4.69) is 21.2 Å². The van der Waals surface area contributed by atoms with E-state index in [-0.39, 0.29) is 5.91 Å². The Hall–Kier alpha value is -1.60. The van der Waals surface area contributed by atoms with Gasteiger partial charge in [-0.1, -0.05) is 0 Å². The second kappa shape index (κ2) is 4.95. The Morgan fingerprint density at radius 1 is 1.44 bits per heavy atom. The number of aryl methyl sites for hydroxylation is 1. The number of hydrogen-bond donors (Lipinski definition) is 2. The molecule has 0 aliphatic heterocycles. The molecule has 0 saturated carbocycles. The van der Waals surface area contributed by atoms with Crippen LogP contribution in [0.5, 0.6) is 0 Å². The molecule has 7 heteroatoms. The minimum Gasteiger partial charge on any atom is -0.364 e. The molecule has 94 valence electrons. The number of primary amides is 1. The lowest BCUT2D eigenvalue weighted by Crippen LogP contribution is -2.14. The van der Waals surface area contributed by atoms with E-state index >= 15 is 0 Å². The second-order valence-corrected chi connectivity index (χ2v) is 6.11. The van der Waals surface area contributed by atoms with Gasteiger partial charge >= 0.3 is 0 Å². The Bertz CT molecular complexity index is 618. The third-order valence-electron chi connectivity index (χ3n) is 2.31. The number of anilines is 1. The zero-order valence-electron chi connectivity index (χ0n) is 9.44. The second-order valence-electron chi connectivity index (χ2n) is 3.65. The van der Waals surface area contributed by atoms with Gasteiger partial charge in [-0.3, -0.25) is 9.59 Å². The summed E-state index contributed by atoms with van der Waals surface area (Å²) in [6.07, 6.45) is 1.64. The van der Waals surface area contributed by atoms with Crippen LogP contribution in [-0.2, 0) is 7.05 Å². The summed E-state index contributed by atoms with van der Waals surface area (Å²) in [6, 6.07) is 5.07. The molecule has 0 aliphatic carbocycles. The average Bonchev–Trinajstić information content (AvgIpc) is 2.85. The Balaban J connectivity index is 2.17. The maximum absolute atomic E-state index is 11.9. The van der Waals surface area contributed by atoms with E-state index in [1.165, 1.54) is 11.3 Å². The molecule has 0 radical (unpaired) electrons. The standard InChI is InChI=1S/C11H10BrN3O2S/c1-15-5-6(4-7(15)10(13)16)14-11(17)8-2-3-9(12)18-8/h2-5H,1H3,(H2,13,16)(H,14,17).